The highest BCUT2D eigenvalue weighted by atomic mass is 35.5. The molecule has 0 amide bonds. The van der Waals surface area contributed by atoms with Crippen LogP contribution in [0.5, 0.6) is 0 Å². The first kappa shape index (κ1) is 16.2. The normalized spacial score (nSPS) is 9.82. The number of benzene rings is 1. The van der Waals surface area contributed by atoms with Gasteiger partial charge in [0.2, 0.25) is 0 Å². The van der Waals surface area contributed by atoms with Crippen LogP contribution in [0.1, 0.15) is 6.92 Å². The van der Waals surface area contributed by atoms with Gasteiger partial charge in [-0.25, -0.2) is 4.39 Å². The standard InChI is InChI=1S/C12H19FN2O.ClH/c1-2-15(7-9-16-8-6-14)12-5-3-4-11(13)10-12;/h3-5,10H,2,6-9,14H2,1H3;1H. The third-order valence-electron chi connectivity index (χ3n) is 2.32. The summed E-state index contributed by atoms with van der Waals surface area (Å²) in [5.74, 6) is -0.209. The van der Waals surface area contributed by atoms with Crippen molar-refractivity contribution in [3.05, 3.63) is 30.1 Å². The highest BCUT2D eigenvalue weighted by molar-refractivity contribution is 5.85. The van der Waals surface area contributed by atoms with Crippen molar-refractivity contribution in [3.63, 3.8) is 0 Å². The van der Waals surface area contributed by atoms with Crippen LogP contribution >= 0.6 is 12.4 Å². The van der Waals surface area contributed by atoms with E-state index < -0.39 is 0 Å². The Morgan fingerprint density at radius 3 is 2.71 bits per heavy atom. The van der Waals surface area contributed by atoms with Gasteiger partial charge in [-0.15, -0.1) is 12.4 Å². The molecule has 0 heterocycles. The number of halogens is 2. The Hall–Kier alpha value is -0.840. The van der Waals surface area contributed by atoms with Crippen molar-refractivity contribution in [1.29, 1.82) is 0 Å². The molecule has 0 radical (unpaired) electrons. The molecule has 0 aliphatic carbocycles. The van der Waals surface area contributed by atoms with Gasteiger partial charge in [0.1, 0.15) is 5.82 Å². The lowest BCUT2D eigenvalue weighted by Gasteiger charge is -2.22. The van der Waals surface area contributed by atoms with Crippen molar-refractivity contribution >= 4 is 18.1 Å². The molecule has 0 aliphatic rings. The molecule has 98 valence electrons. The van der Waals surface area contributed by atoms with E-state index in [-0.39, 0.29) is 18.2 Å². The van der Waals surface area contributed by atoms with Crippen molar-refractivity contribution in [2.24, 2.45) is 5.73 Å². The molecule has 5 heteroatoms. The van der Waals surface area contributed by atoms with Crippen LogP contribution in [0.3, 0.4) is 0 Å². The van der Waals surface area contributed by atoms with E-state index >= 15 is 0 Å². The Morgan fingerprint density at radius 1 is 1.35 bits per heavy atom. The van der Waals surface area contributed by atoms with Gasteiger partial charge in [0, 0.05) is 25.3 Å². The molecule has 0 saturated carbocycles. The fraction of sp³-hybridized carbons (Fsp3) is 0.500. The predicted molar refractivity (Wildman–Crippen MR) is 71.4 cm³/mol. The maximum absolute atomic E-state index is 13.0. The number of hydrogen-bond acceptors (Lipinski definition) is 3. The molecule has 0 aromatic heterocycles. The zero-order valence-electron chi connectivity index (χ0n) is 10.1. The van der Waals surface area contributed by atoms with Gasteiger partial charge in [0.05, 0.1) is 13.2 Å². The first-order chi connectivity index (χ1) is 7.77. The van der Waals surface area contributed by atoms with Gasteiger partial charge in [-0.05, 0) is 25.1 Å². The molecule has 3 nitrogen and oxygen atoms in total. The van der Waals surface area contributed by atoms with E-state index in [1.165, 1.54) is 12.1 Å². The summed E-state index contributed by atoms with van der Waals surface area (Å²) in [6.07, 6.45) is 0. The van der Waals surface area contributed by atoms with Crippen LogP contribution in [0.4, 0.5) is 10.1 Å². The third kappa shape index (κ3) is 5.86. The van der Waals surface area contributed by atoms with Gasteiger partial charge in [-0.2, -0.15) is 0 Å². The topological polar surface area (TPSA) is 38.5 Å². The van der Waals surface area contributed by atoms with Crippen LogP contribution in [-0.4, -0.2) is 32.8 Å². The summed E-state index contributed by atoms with van der Waals surface area (Å²) in [6.45, 7) is 5.33. The molecule has 0 saturated heterocycles. The van der Waals surface area contributed by atoms with Crippen molar-refractivity contribution in [2.75, 3.05) is 37.7 Å². The molecular formula is C12H20ClFN2O. The average Bonchev–Trinajstić information content (AvgIpc) is 2.29. The highest BCUT2D eigenvalue weighted by Crippen LogP contribution is 2.14. The maximum atomic E-state index is 13.0. The van der Waals surface area contributed by atoms with E-state index in [1.807, 2.05) is 13.0 Å². The van der Waals surface area contributed by atoms with Crippen molar-refractivity contribution in [3.8, 4) is 0 Å². The Labute approximate surface area is 108 Å². The molecule has 0 unspecified atom stereocenters. The first-order valence-electron chi connectivity index (χ1n) is 5.56. The molecule has 0 bridgehead atoms. The molecule has 17 heavy (non-hydrogen) atoms. The van der Waals surface area contributed by atoms with E-state index in [9.17, 15) is 4.39 Å². The second-order valence-electron chi connectivity index (χ2n) is 3.46. The van der Waals surface area contributed by atoms with Crippen LogP contribution in [0.15, 0.2) is 24.3 Å². The first-order valence-corrected chi connectivity index (χ1v) is 5.56. The number of anilines is 1. The predicted octanol–water partition coefficient (Wildman–Crippen LogP) is 2.05. The zero-order valence-corrected chi connectivity index (χ0v) is 10.9. The lowest BCUT2D eigenvalue weighted by atomic mass is 10.3. The Bertz CT molecular complexity index is 312. The molecule has 0 aliphatic heterocycles. The summed E-state index contributed by atoms with van der Waals surface area (Å²) in [4.78, 5) is 2.07. The molecule has 0 spiro atoms. The van der Waals surface area contributed by atoms with E-state index in [4.69, 9.17) is 10.5 Å². The molecule has 0 atom stereocenters. The SMILES string of the molecule is CCN(CCOCCN)c1cccc(F)c1.Cl. The third-order valence-corrected chi connectivity index (χ3v) is 2.32. The van der Waals surface area contributed by atoms with Crippen LogP contribution in [0.2, 0.25) is 0 Å². The minimum absolute atomic E-state index is 0. The van der Waals surface area contributed by atoms with Gasteiger partial charge < -0.3 is 15.4 Å². The van der Waals surface area contributed by atoms with E-state index in [0.29, 0.717) is 19.8 Å². The van der Waals surface area contributed by atoms with E-state index in [2.05, 4.69) is 4.90 Å². The fourth-order valence-corrected chi connectivity index (χ4v) is 1.50. The second-order valence-corrected chi connectivity index (χ2v) is 3.46. The Morgan fingerprint density at radius 2 is 2.12 bits per heavy atom. The van der Waals surface area contributed by atoms with Crippen molar-refractivity contribution in [1.82, 2.24) is 0 Å². The minimum atomic E-state index is -0.209. The summed E-state index contributed by atoms with van der Waals surface area (Å²) in [6, 6.07) is 6.60. The number of ether oxygens (including phenoxy) is 1. The summed E-state index contributed by atoms with van der Waals surface area (Å²) in [5.41, 5.74) is 6.21. The molecule has 1 aromatic rings. The molecular weight excluding hydrogens is 243 g/mol. The van der Waals surface area contributed by atoms with Gasteiger partial charge >= 0.3 is 0 Å². The highest BCUT2D eigenvalue weighted by Gasteiger charge is 2.04. The largest absolute Gasteiger partial charge is 0.378 e. The summed E-state index contributed by atoms with van der Waals surface area (Å²) in [5, 5.41) is 0. The van der Waals surface area contributed by atoms with Gasteiger partial charge in [0.25, 0.3) is 0 Å². The van der Waals surface area contributed by atoms with Crippen LogP contribution in [-0.2, 0) is 4.74 Å². The molecule has 1 aromatic carbocycles. The zero-order chi connectivity index (χ0) is 11.8. The number of likely N-dealkylation sites (N-methyl/N-ethyl adjacent to an activating group) is 1. The minimum Gasteiger partial charge on any atom is -0.378 e. The van der Waals surface area contributed by atoms with E-state index in [0.717, 1.165) is 18.8 Å². The number of rotatable bonds is 7. The molecule has 1 rings (SSSR count). The van der Waals surface area contributed by atoms with Crippen LogP contribution in [0, 0.1) is 5.82 Å². The summed E-state index contributed by atoms with van der Waals surface area (Å²) >= 11 is 0. The summed E-state index contributed by atoms with van der Waals surface area (Å²) in [7, 11) is 0. The van der Waals surface area contributed by atoms with Gasteiger partial charge in [-0.1, -0.05) is 6.07 Å². The smallest absolute Gasteiger partial charge is 0.125 e. The fourth-order valence-electron chi connectivity index (χ4n) is 1.50. The lowest BCUT2D eigenvalue weighted by Crippen LogP contribution is -2.27. The number of hydrogen-bond donors (Lipinski definition) is 1. The quantitative estimate of drug-likeness (QED) is 0.765. The van der Waals surface area contributed by atoms with Crippen LogP contribution < -0.4 is 10.6 Å². The van der Waals surface area contributed by atoms with Gasteiger partial charge in [-0.3, -0.25) is 0 Å². The average molecular weight is 263 g/mol. The number of nitrogens with zero attached hydrogens (tertiary/aromatic N) is 1. The van der Waals surface area contributed by atoms with Crippen molar-refractivity contribution in [2.45, 2.75) is 6.92 Å². The maximum Gasteiger partial charge on any atom is 0.125 e. The second kappa shape index (κ2) is 9.22. The van der Waals surface area contributed by atoms with Crippen molar-refractivity contribution < 1.29 is 9.13 Å². The van der Waals surface area contributed by atoms with Gasteiger partial charge in [0.15, 0.2) is 0 Å². The Balaban J connectivity index is 0.00000256. The van der Waals surface area contributed by atoms with Crippen LogP contribution in [0.25, 0.3) is 0 Å². The summed E-state index contributed by atoms with van der Waals surface area (Å²) < 4.78 is 18.3. The Kier molecular flexibility index (Phi) is 8.76. The molecule has 2 N–H and O–H groups in total. The number of nitrogens with two attached hydrogens (primary N) is 1. The molecule has 0 fully saturated rings. The monoisotopic (exact) mass is 262 g/mol. The lowest BCUT2D eigenvalue weighted by molar-refractivity contribution is 0.148. The van der Waals surface area contributed by atoms with E-state index in [1.54, 1.807) is 6.07 Å².